The summed E-state index contributed by atoms with van der Waals surface area (Å²) in [4.78, 5) is 14.7. The van der Waals surface area contributed by atoms with Crippen LogP contribution in [0.2, 0.25) is 5.02 Å². The van der Waals surface area contributed by atoms with Gasteiger partial charge in [0.2, 0.25) is 0 Å². The molecule has 0 aliphatic carbocycles. The Labute approximate surface area is 109 Å². The first kappa shape index (κ1) is 12.4. The Balaban J connectivity index is 2.54. The number of carboxylic acids is 1. The highest BCUT2D eigenvalue weighted by Crippen LogP contribution is 2.22. The highest BCUT2D eigenvalue weighted by Gasteiger charge is 2.06. The van der Waals surface area contributed by atoms with Crippen LogP contribution in [0.5, 0.6) is 0 Å². The van der Waals surface area contributed by atoms with Crippen LogP contribution in [0.15, 0.2) is 36.7 Å². The van der Waals surface area contributed by atoms with Crippen LogP contribution in [0.25, 0.3) is 11.8 Å². The van der Waals surface area contributed by atoms with Crippen LogP contribution in [-0.4, -0.2) is 20.6 Å². The Morgan fingerprint density at radius 2 is 2.28 bits per heavy atom. The zero-order valence-electron chi connectivity index (χ0n) is 9.67. The quantitative estimate of drug-likeness (QED) is 0.866. The zero-order chi connectivity index (χ0) is 13.1. The van der Waals surface area contributed by atoms with E-state index < -0.39 is 5.97 Å². The van der Waals surface area contributed by atoms with Crippen molar-refractivity contribution >= 4 is 23.6 Å². The van der Waals surface area contributed by atoms with Crippen LogP contribution >= 0.6 is 11.6 Å². The number of carbonyl (C=O) groups is 1. The third-order valence-corrected chi connectivity index (χ3v) is 2.72. The molecule has 1 N–H and O–H groups in total. The standard InChI is InChI=1S/C13H11ClN2O2/c1-9-15-6-7-16(9)12-4-3-11(14)8-10(12)2-5-13(17)18/h2-8H,1H3,(H,17,18)/b5-2+. The number of imidazole rings is 1. The molecule has 0 radical (unpaired) electrons. The van der Waals surface area contributed by atoms with Gasteiger partial charge in [-0.15, -0.1) is 0 Å². The first-order valence-corrected chi connectivity index (χ1v) is 5.66. The number of benzene rings is 1. The Kier molecular flexibility index (Phi) is 3.48. The highest BCUT2D eigenvalue weighted by atomic mass is 35.5. The van der Waals surface area contributed by atoms with Crippen LogP contribution in [0.3, 0.4) is 0 Å². The van der Waals surface area contributed by atoms with Crippen molar-refractivity contribution in [2.24, 2.45) is 0 Å². The van der Waals surface area contributed by atoms with Crippen LogP contribution in [-0.2, 0) is 4.79 Å². The largest absolute Gasteiger partial charge is 0.478 e. The lowest BCUT2D eigenvalue weighted by Crippen LogP contribution is -1.98. The van der Waals surface area contributed by atoms with E-state index in [4.69, 9.17) is 16.7 Å². The average Bonchev–Trinajstić information content (AvgIpc) is 2.73. The number of aryl methyl sites for hydroxylation is 1. The van der Waals surface area contributed by atoms with Gasteiger partial charge >= 0.3 is 5.97 Å². The molecule has 0 aliphatic rings. The molecule has 2 aromatic rings. The molecule has 1 aromatic carbocycles. The molecular formula is C13H11ClN2O2. The predicted molar refractivity (Wildman–Crippen MR) is 70.0 cm³/mol. The molecule has 4 nitrogen and oxygen atoms in total. The first-order chi connectivity index (χ1) is 8.58. The topological polar surface area (TPSA) is 55.1 Å². The molecule has 5 heteroatoms. The van der Waals surface area contributed by atoms with Crippen molar-refractivity contribution in [3.8, 4) is 5.69 Å². The van der Waals surface area contributed by atoms with Gasteiger partial charge in [-0.05, 0) is 31.2 Å². The van der Waals surface area contributed by atoms with Gasteiger partial charge in [-0.3, -0.25) is 0 Å². The fourth-order valence-corrected chi connectivity index (χ4v) is 1.85. The van der Waals surface area contributed by atoms with Gasteiger partial charge in [-0.2, -0.15) is 0 Å². The maximum absolute atomic E-state index is 10.6. The van der Waals surface area contributed by atoms with Crippen molar-refractivity contribution in [1.82, 2.24) is 9.55 Å². The van der Waals surface area contributed by atoms with Crippen LogP contribution in [0, 0.1) is 6.92 Å². The molecule has 1 aromatic heterocycles. The van der Waals surface area contributed by atoms with E-state index in [1.807, 2.05) is 23.8 Å². The van der Waals surface area contributed by atoms with Crippen molar-refractivity contribution in [2.45, 2.75) is 6.92 Å². The normalized spacial score (nSPS) is 11.0. The number of aliphatic carboxylic acids is 1. The summed E-state index contributed by atoms with van der Waals surface area (Å²) in [5.74, 6) is -0.175. The SMILES string of the molecule is Cc1nccn1-c1ccc(Cl)cc1/C=C/C(=O)O. The van der Waals surface area contributed by atoms with E-state index in [0.717, 1.165) is 23.2 Å². The fraction of sp³-hybridized carbons (Fsp3) is 0.0769. The van der Waals surface area contributed by atoms with E-state index in [1.54, 1.807) is 18.3 Å². The molecule has 2 rings (SSSR count). The number of hydrogen-bond acceptors (Lipinski definition) is 2. The molecule has 0 saturated heterocycles. The number of aromatic nitrogens is 2. The third-order valence-electron chi connectivity index (χ3n) is 2.48. The Bertz CT molecular complexity index is 617. The molecule has 18 heavy (non-hydrogen) atoms. The van der Waals surface area contributed by atoms with Gasteiger partial charge in [0.25, 0.3) is 0 Å². The summed E-state index contributed by atoms with van der Waals surface area (Å²) < 4.78 is 1.87. The van der Waals surface area contributed by atoms with Gasteiger partial charge in [0.1, 0.15) is 5.82 Å². The van der Waals surface area contributed by atoms with Crippen molar-refractivity contribution in [1.29, 1.82) is 0 Å². The molecule has 0 aliphatic heterocycles. The summed E-state index contributed by atoms with van der Waals surface area (Å²) >= 11 is 5.93. The van der Waals surface area contributed by atoms with E-state index in [0.29, 0.717) is 5.02 Å². The molecular weight excluding hydrogens is 252 g/mol. The van der Waals surface area contributed by atoms with Gasteiger partial charge < -0.3 is 9.67 Å². The number of halogens is 1. The molecule has 0 bridgehead atoms. The maximum atomic E-state index is 10.6. The maximum Gasteiger partial charge on any atom is 0.328 e. The van der Waals surface area contributed by atoms with Gasteiger partial charge in [0, 0.05) is 29.1 Å². The fourth-order valence-electron chi connectivity index (χ4n) is 1.67. The molecule has 0 fully saturated rings. The van der Waals surface area contributed by atoms with Gasteiger partial charge in [-0.1, -0.05) is 11.6 Å². The summed E-state index contributed by atoms with van der Waals surface area (Å²) in [7, 11) is 0. The minimum Gasteiger partial charge on any atom is -0.478 e. The van der Waals surface area contributed by atoms with E-state index in [-0.39, 0.29) is 0 Å². The monoisotopic (exact) mass is 262 g/mol. The molecule has 0 amide bonds. The Morgan fingerprint density at radius 3 is 2.89 bits per heavy atom. The number of hydrogen-bond donors (Lipinski definition) is 1. The summed E-state index contributed by atoms with van der Waals surface area (Å²) in [5.41, 5.74) is 1.57. The second kappa shape index (κ2) is 5.06. The minimum absolute atomic E-state index is 0.557. The van der Waals surface area contributed by atoms with Gasteiger partial charge in [0.15, 0.2) is 0 Å². The van der Waals surface area contributed by atoms with Gasteiger partial charge in [0.05, 0.1) is 5.69 Å². The van der Waals surface area contributed by atoms with Crippen molar-refractivity contribution in [3.05, 3.63) is 53.1 Å². The average molecular weight is 263 g/mol. The van der Waals surface area contributed by atoms with Gasteiger partial charge in [-0.25, -0.2) is 9.78 Å². The Hall–Kier alpha value is -2.07. The molecule has 0 unspecified atom stereocenters. The van der Waals surface area contributed by atoms with Crippen molar-refractivity contribution in [2.75, 3.05) is 0 Å². The molecule has 92 valence electrons. The summed E-state index contributed by atoms with van der Waals surface area (Å²) in [5, 5.41) is 9.24. The van der Waals surface area contributed by atoms with E-state index in [2.05, 4.69) is 4.98 Å². The van der Waals surface area contributed by atoms with E-state index in [1.165, 1.54) is 6.08 Å². The predicted octanol–water partition coefficient (Wildman–Crippen LogP) is 2.93. The first-order valence-electron chi connectivity index (χ1n) is 5.29. The van der Waals surface area contributed by atoms with Crippen LogP contribution in [0.1, 0.15) is 11.4 Å². The molecule has 0 saturated carbocycles. The molecule has 0 atom stereocenters. The summed E-state index contributed by atoms with van der Waals surface area (Å²) in [6.07, 6.45) is 6.11. The lowest BCUT2D eigenvalue weighted by molar-refractivity contribution is -0.131. The Morgan fingerprint density at radius 1 is 1.50 bits per heavy atom. The number of nitrogens with zero attached hydrogens (tertiary/aromatic N) is 2. The third kappa shape index (κ3) is 2.60. The molecule has 0 spiro atoms. The zero-order valence-corrected chi connectivity index (χ0v) is 10.4. The molecule has 1 heterocycles. The minimum atomic E-state index is -0.997. The van der Waals surface area contributed by atoms with Crippen molar-refractivity contribution in [3.63, 3.8) is 0 Å². The number of rotatable bonds is 3. The summed E-state index contributed by atoms with van der Waals surface area (Å²) in [6, 6.07) is 5.31. The van der Waals surface area contributed by atoms with Crippen LogP contribution in [0.4, 0.5) is 0 Å². The lowest BCUT2D eigenvalue weighted by atomic mass is 10.1. The van der Waals surface area contributed by atoms with Crippen LogP contribution < -0.4 is 0 Å². The summed E-state index contributed by atoms with van der Waals surface area (Å²) in [6.45, 7) is 1.87. The second-order valence-corrected chi connectivity index (χ2v) is 4.16. The van der Waals surface area contributed by atoms with Crippen molar-refractivity contribution < 1.29 is 9.90 Å². The lowest BCUT2D eigenvalue weighted by Gasteiger charge is -2.09. The smallest absolute Gasteiger partial charge is 0.328 e. The van der Waals surface area contributed by atoms with E-state index >= 15 is 0 Å². The van der Waals surface area contributed by atoms with E-state index in [9.17, 15) is 4.79 Å². The number of carboxylic acid groups (broad SMARTS) is 1. The highest BCUT2D eigenvalue weighted by molar-refractivity contribution is 6.30. The second-order valence-electron chi connectivity index (χ2n) is 3.72.